The molecule has 5 rings (SSSR count). The molecule has 1 fully saturated rings. The van der Waals surface area contributed by atoms with Gasteiger partial charge < -0.3 is 10.1 Å². The highest BCUT2D eigenvalue weighted by Gasteiger charge is 2.31. The first-order chi connectivity index (χ1) is 14.6. The van der Waals surface area contributed by atoms with E-state index in [9.17, 15) is 9.90 Å². The highest BCUT2D eigenvalue weighted by Crippen LogP contribution is 2.31. The maximum Gasteiger partial charge on any atom is 0.407 e. The maximum absolute atomic E-state index is 11.4. The van der Waals surface area contributed by atoms with Crippen LogP contribution in [-0.2, 0) is 0 Å². The third-order valence-electron chi connectivity index (χ3n) is 5.09. The number of nitrogens with one attached hydrogen (secondary N) is 1. The lowest BCUT2D eigenvalue weighted by atomic mass is 10.2. The summed E-state index contributed by atoms with van der Waals surface area (Å²) in [6, 6.07) is 5.46. The van der Waals surface area contributed by atoms with Crippen molar-refractivity contribution in [2.75, 3.05) is 6.54 Å². The summed E-state index contributed by atoms with van der Waals surface area (Å²) < 4.78 is 0.945. The number of carboxylic acid groups (broad SMARTS) is 1. The first-order valence-corrected chi connectivity index (χ1v) is 10.2. The van der Waals surface area contributed by atoms with Gasteiger partial charge in [-0.25, -0.2) is 24.7 Å². The Labute approximate surface area is 179 Å². The molecular weight excluding hydrogens is 450 g/mol. The fraction of sp³-hybridized carbons (Fsp3) is 0.200. The number of H-pyrrole nitrogens is 1. The number of aromatic amines is 1. The lowest BCUT2D eigenvalue weighted by molar-refractivity contribution is 0.139. The third kappa shape index (κ3) is 3.39. The molecule has 2 N–H and O–H groups in total. The van der Waals surface area contributed by atoms with Gasteiger partial charge in [-0.3, -0.25) is 9.88 Å². The number of hydrogen-bond donors (Lipinski definition) is 2. The van der Waals surface area contributed by atoms with Crippen molar-refractivity contribution in [1.82, 2.24) is 34.8 Å². The molecule has 1 amide bonds. The van der Waals surface area contributed by atoms with Crippen LogP contribution in [0, 0.1) is 0 Å². The molecule has 0 unspecified atom stereocenters. The van der Waals surface area contributed by atoms with Gasteiger partial charge in [-0.2, -0.15) is 0 Å². The Morgan fingerprint density at radius 1 is 1.10 bits per heavy atom. The second-order valence-corrected chi connectivity index (χ2v) is 7.90. The molecule has 0 saturated carbocycles. The number of halogens is 1. The van der Waals surface area contributed by atoms with E-state index in [2.05, 4.69) is 45.8 Å². The molecule has 4 aromatic rings. The second-order valence-electron chi connectivity index (χ2n) is 6.99. The normalized spacial score (nSPS) is 16.3. The SMILES string of the molecule is O=C(O)N1CCC[C@H]1c1nc(-c2cnc(-c3cnc4cc(Br)ccc4n3)nc2)c[nH]1. The Morgan fingerprint density at radius 3 is 2.73 bits per heavy atom. The van der Waals surface area contributed by atoms with Gasteiger partial charge in [0.25, 0.3) is 0 Å². The fourth-order valence-corrected chi connectivity index (χ4v) is 3.97. The van der Waals surface area contributed by atoms with Gasteiger partial charge in [0.1, 0.15) is 11.5 Å². The van der Waals surface area contributed by atoms with Gasteiger partial charge in [0.05, 0.1) is 29.0 Å². The van der Waals surface area contributed by atoms with E-state index in [4.69, 9.17) is 0 Å². The first kappa shape index (κ1) is 18.6. The number of likely N-dealkylation sites (tertiary alicyclic amines) is 1. The van der Waals surface area contributed by atoms with Gasteiger partial charge in [0.2, 0.25) is 0 Å². The molecule has 0 spiro atoms. The number of imidazole rings is 1. The zero-order valence-electron chi connectivity index (χ0n) is 15.7. The number of hydrogen-bond acceptors (Lipinski definition) is 6. The first-order valence-electron chi connectivity index (χ1n) is 9.38. The van der Waals surface area contributed by atoms with E-state index in [-0.39, 0.29) is 6.04 Å². The van der Waals surface area contributed by atoms with Crippen molar-refractivity contribution in [1.29, 1.82) is 0 Å². The van der Waals surface area contributed by atoms with Crippen molar-refractivity contribution in [3.63, 3.8) is 0 Å². The lowest BCUT2D eigenvalue weighted by Gasteiger charge is -2.19. The molecule has 4 heterocycles. The molecule has 1 atom stereocenters. The van der Waals surface area contributed by atoms with E-state index >= 15 is 0 Å². The van der Waals surface area contributed by atoms with Crippen LogP contribution in [0.2, 0.25) is 0 Å². The number of aromatic nitrogens is 6. The summed E-state index contributed by atoms with van der Waals surface area (Å²) in [6.07, 6.45) is 7.42. The van der Waals surface area contributed by atoms with Crippen LogP contribution in [0.25, 0.3) is 33.8 Å². The van der Waals surface area contributed by atoms with Crippen LogP contribution in [0.3, 0.4) is 0 Å². The van der Waals surface area contributed by atoms with Gasteiger partial charge in [-0.05, 0) is 31.0 Å². The summed E-state index contributed by atoms with van der Waals surface area (Å²) >= 11 is 3.43. The highest BCUT2D eigenvalue weighted by molar-refractivity contribution is 9.10. The number of carbonyl (C=O) groups is 1. The summed E-state index contributed by atoms with van der Waals surface area (Å²) in [5, 5.41) is 9.34. The Kier molecular flexibility index (Phi) is 4.62. The van der Waals surface area contributed by atoms with Gasteiger partial charge in [0.15, 0.2) is 5.82 Å². The van der Waals surface area contributed by atoms with Crippen molar-refractivity contribution >= 4 is 33.1 Å². The Hall–Kier alpha value is -3.40. The van der Waals surface area contributed by atoms with Gasteiger partial charge in [-0.15, -0.1) is 0 Å². The van der Waals surface area contributed by atoms with Crippen molar-refractivity contribution in [3.05, 3.63) is 53.3 Å². The van der Waals surface area contributed by atoms with Crippen molar-refractivity contribution in [2.45, 2.75) is 18.9 Å². The second kappa shape index (κ2) is 7.45. The summed E-state index contributed by atoms with van der Waals surface area (Å²) in [5.41, 5.74) is 3.54. The average molecular weight is 466 g/mol. The number of fused-ring (bicyclic) bond motifs is 1. The van der Waals surface area contributed by atoms with Crippen molar-refractivity contribution in [3.8, 4) is 22.8 Å². The lowest BCUT2D eigenvalue weighted by Crippen LogP contribution is -2.29. The van der Waals surface area contributed by atoms with Crippen LogP contribution in [0.5, 0.6) is 0 Å². The number of rotatable bonds is 3. The number of benzene rings is 1. The standard InChI is InChI=1S/C20H16BrN7O2/c21-12-3-4-13-14(6-12)22-10-16(26-13)18-23-7-11(8-24-18)15-9-25-19(27-15)17-2-1-5-28(17)20(29)30/h3-4,6-10,17H,1-2,5H2,(H,25,27)(H,29,30)/t17-/m0/s1. The molecule has 30 heavy (non-hydrogen) atoms. The molecule has 1 aliphatic rings. The average Bonchev–Trinajstić information content (AvgIpc) is 3.43. The van der Waals surface area contributed by atoms with Crippen LogP contribution >= 0.6 is 15.9 Å². The van der Waals surface area contributed by atoms with Crippen LogP contribution < -0.4 is 0 Å². The van der Waals surface area contributed by atoms with E-state index in [1.165, 1.54) is 4.90 Å². The summed E-state index contributed by atoms with van der Waals surface area (Å²) in [4.78, 5) is 38.3. The third-order valence-corrected chi connectivity index (χ3v) is 5.59. The zero-order valence-corrected chi connectivity index (χ0v) is 17.2. The predicted molar refractivity (Wildman–Crippen MR) is 113 cm³/mol. The molecule has 1 saturated heterocycles. The Balaban J connectivity index is 1.40. The van der Waals surface area contributed by atoms with Gasteiger partial charge in [0, 0.05) is 35.2 Å². The minimum Gasteiger partial charge on any atom is -0.465 e. The quantitative estimate of drug-likeness (QED) is 0.467. The van der Waals surface area contributed by atoms with Crippen LogP contribution in [0.4, 0.5) is 4.79 Å². The maximum atomic E-state index is 11.4. The smallest absolute Gasteiger partial charge is 0.407 e. The van der Waals surface area contributed by atoms with Crippen LogP contribution in [-0.4, -0.2) is 52.5 Å². The summed E-state index contributed by atoms with van der Waals surface area (Å²) in [6.45, 7) is 0.525. The largest absolute Gasteiger partial charge is 0.465 e. The van der Waals surface area contributed by atoms with E-state index in [0.29, 0.717) is 29.6 Å². The van der Waals surface area contributed by atoms with E-state index in [1.807, 2.05) is 18.2 Å². The molecule has 9 nitrogen and oxygen atoms in total. The monoisotopic (exact) mass is 465 g/mol. The molecule has 0 aliphatic carbocycles. The van der Waals surface area contributed by atoms with Gasteiger partial charge in [-0.1, -0.05) is 15.9 Å². The van der Waals surface area contributed by atoms with E-state index in [0.717, 1.165) is 33.9 Å². The highest BCUT2D eigenvalue weighted by atomic mass is 79.9. The zero-order chi connectivity index (χ0) is 20.7. The van der Waals surface area contributed by atoms with Crippen molar-refractivity contribution in [2.24, 2.45) is 0 Å². The van der Waals surface area contributed by atoms with Crippen molar-refractivity contribution < 1.29 is 9.90 Å². The minimum absolute atomic E-state index is 0.246. The Morgan fingerprint density at radius 2 is 1.93 bits per heavy atom. The minimum atomic E-state index is -0.924. The molecule has 1 aromatic carbocycles. The molecule has 3 aromatic heterocycles. The molecule has 10 heteroatoms. The fourth-order valence-electron chi connectivity index (χ4n) is 3.62. The number of nitrogens with zero attached hydrogens (tertiary/aromatic N) is 6. The van der Waals surface area contributed by atoms with Crippen LogP contribution in [0.15, 0.2) is 47.5 Å². The summed E-state index contributed by atoms with van der Waals surface area (Å²) in [7, 11) is 0. The number of amides is 1. The van der Waals surface area contributed by atoms with E-state index in [1.54, 1.807) is 24.8 Å². The molecule has 0 radical (unpaired) electrons. The Bertz CT molecular complexity index is 1240. The molecule has 150 valence electrons. The van der Waals surface area contributed by atoms with E-state index < -0.39 is 6.09 Å². The van der Waals surface area contributed by atoms with Crippen LogP contribution in [0.1, 0.15) is 24.7 Å². The predicted octanol–water partition coefficient (Wildman–Crippen LogP) is 4.05. The topological polar surface area (TPSA) is 121 Å². The van der Waals surface area contributed by atoms with Gasteiger partial charge >= 0.3 is 6.09 Å². The molecular formula is C20H16BrN7O2. The molecule has 1 aliphatic heterocycles. The molecule has 0 bridgehead atoms. The summed E-state index contributed by atoms with van der Waals surface area (Å²) in [5.74, 6) is 1.11.